The Morgan fingerprint density at radius 1 is 1.04 bits per heavy atom. The number of halogens is 1. The van der Waals surface area contributed by atoms with Crippen molar-refractivity contribution in [2.45, 2.75) is 25.5 Å². The topological polar surface area (TPSA) is 30.3 Å². The molecule has 2 aromatic carbocycles. The first-order valence-corrected chi connectivity index (χ1v) is 10.4. The molecule has 3 fully saturated rings. The molecular formula is C23H24ClN3O. The molecule has 1 atom stereocenters. The van der Waals surface area contributed by atoms with Crippen LogP contribution in [-0.4, -0.2) is 34.3 Å². The lowest BCUT2D eigenvalue weighted by molar-refractivity contribution is 0.0505. The van der Waals surface area contributed by atoms with E-state index in [-0.39, 0.29) is 0 Å². The second-order valence-corrected chi connectivity index (χ2v) is 8.25. The first-order chi connectivity index (χ1) is 13.8. The van der Waals surface area contributed by atoms with Gasteiger partial charge >= 0.3 is 0 Å². The molecule has 0 aliphatic carbocycles. The van der Waals surface area contributed by atoms with Gasteiger partial charge in [0.2, 0.25) is 5.88 Å². The Kier molecular flexibility index (Phi) is 4.83. The average Bonchev–Trinajstić information content (AvgIpc) is 3.18. The molecule has 0 amide bonds. The molecule has 144 valence electrons. The van der Waals surface area contributed by atoms with Gasteiger partial charge in [-0.2, -0.15) is 0 Å². The van der Waals surface area contributed by atoms with Gasteiger partial charge in [0.05, 0.1) is 11.6 Å². The van der Waals surface area contributed by atoms with E-state index in [1.807, 2.05) is 36.4 Å². The maximum Gasteiger partial charge on any atom is 0.241 e. The molecular weight excluding hydrogens is 370 g/mol. The summed E-state index contributed by atoms with van der Waals surface area (Å²) in [4.78, 5) is 2.55. The number of piperidine rings is 3. The third-order valence-electron chi connectivity index (χ3n) is 6.01. The van der Waals surface area contributed by atoms with Crippen LogP contribution in [0.2, 0.25) is 5.02 Å². The second-order valence-electron chi connectivity index (χ2n) is 7.82. The van der Waals surface area contributed by atoms with Gasteiger partial charge < -0.3 is 9.64 Å². The van der Waals surface area contributed by atoms with Crippen LogP contribution in [0.15, 0.2) is 60.8 Å². The van der Waals surface area contributed by atoms with Crippen molar-refractivity contribution >= 4 is 11.6 Å². The summed E-state index contributed by atoms with van der Waals surface area (Å²) < 4.78 is 8.33. The minimum Gasteiger partial charge on any atom is -0.471 e. The summed E-state index contributed by atoms with van der Waals surface area (Å²) in [5.74, 6) is 1.39. The van der Waals surface area contributed by atoms with Gasteiger partial charge in [0.1, 0.15) is 6.61 Å². The first-order valence-electron chi connectivity index (χ1n) is 10.0. The molecule has 6 rings (SSSR count). The Labute approximate surface area is 170 Å². The summed E-state index contributed by atoms with van der Waals surface area (Å²) in [5, 5.41) is 5.62. The highest BCUT2D eigenvalue weighted by Crippen LogP contribution is 2.38. The summed E-state index contributed by atoms with van der Waals surface area (Å²) >= 11 is 6.25. The van der Waals surface area contributed by atoms with Crippen LogP contribution >= 0.6 is 11.6 Å². The van der Waals surface area contributed by atoms with Gasteiger partial charge in [-0.1, -0.05) is 54.1 Å². The number of hydrogen-bond acceptors (Lipinski definition) is 3. The molecule has 3 aliphatic rings. The number of rotatable bonds is 5. The zero-order chi connectivity index (χ0) is 18.9. The van der Waals surface area contributed by atoms with E-state index < -0.39 is 0 Å². The highest BCUT2D eigenvalue weighted by molar-refractivity contribution is 6.30. The summed E-state index contributed by atoms with van der Waals surface area (Å²) in [6, 6.07) is 18.6. The summed E-state index contributed by atoms with van der Waals surface area (Å²) in [6.45, 7) is 4.03. The third kappa shape index (κ3) is 3.54. The van der Waals surface area contributed by atoms with Crippen LogP contribution in [0.3, 0.4) is 0 Å². The number of hydrogen-bond donors (Lipinski definition) is 0. The lowest BCUT2D eigenvalue weighted by atomic mass is 9.84. The predicted octanol–water partition coefficient (Wildman–Crippen LogP) is 5.05. The van der Waals surface area contributed by atoms with Crippen LogP contribution in [0.1, 0.15) is 24.4 Å². The Morgan fingerprint density at radius 2 is 1.86 bits per heavy atom. The number of ether oxygens (including phenoxy) is 1. The fraction of sp³-hybridized carbons (Fsp3) is 0.348. The van der Waals surface area contributed by atoms with E-state index in [2.05, 4.69) is 34.0 Å². The molecule has 2 bridgehead atoms. The highest BCUT2D eigenvalue weighted by Gasteiger charge is 2.36. The summed E-state index contributed by atoms with van der Waals surface area (Å²) in [6.07, 6.45) is 4.67. The molecule has 1 unspecified atom stereocenters. The Bertz CT molecular complexity index is 947. The van der Waals surface area contributed by atoms with Crippen LogP contribution in [0.4, 0.5) is 0 Å². The van der Waals surface area contributed by atoms with Crippen LogP contribution < -0.4 is 4.74 Å². The smallest absolute Gasteiger partial charge is 0.241 e. The summed E-state index contributed by atoms with van der Waals surface area (Å²) in [7, 11) is 0. The molecule has 28 heavy (non-hydrogen) atoms. The Morgan fingerprint density at radius 3 is 2.57 bits per heavy atom. The largest absolute Gasteiger partial charge is 0.471 e. The molecule has 1 aromatic heterocycles. The number of benzene rings is 2. The monoisotopic (exact) mass is 393 g/mol. The van der Waals surface area contributed by atoms with Gasteiger partial charge in [0.15, 0.2) is 0 Å². The SMILES string of the molecule is Clc1cccc(-c2cn(C3CN4CCC3CC4)nc2OCc2ccccc2)c1. The van der Waals surface area contributed by atoms with Gasteiger partial charge in [-0.3, -0.25) is 4.68 Å². The standard InChI is InChI=1S/C23H24ClN3O/c24-20-8-4-7-19(13-20)21-14-27(22-15-26-11-9-18(22)10-12-26)25-23(21)28-16-17-5-2-1-3-6-17/h1-8,13-14,18,22H,9-12,15-16H2. The van der Waals surface area contributed by atoms with E-state index in [9.17, 15) is 0 Å². The Balaban J connectivity index is 1.47. The average molecular weight is 394 g/mol. The molecule has 3 aliphatic heterocycles. The second kappa shape index (κ2) is 7.61. The van der Waals surface area contributed by atoms with E-state index in [1.165, 1.54) is 25.9 Å². The van der Waals surface area contributed by atoms with E-state index in [0.29, 0.717) is 24.4 Å². The number of nitrogens with zero attached hydrogens (tertiary/aromatic N) is 3. The van der Waals surface area contributed by atoms with E-state index >= 15 is 0 Å². The molecule has 3 aromatic rings. The van der Waals surface area contributed by atoms with Crippen LogP contribution in [0.5, 0.6) is 5.88 Å². The maximum absolute atomic E-state index is 6.25. The van der Waals surface area contributed by atoms with E-state index in [0.717, 1.165) is 28.3 Å². The van der Waals surface area contributed by atoms with Crippen molar-refractivity contribution in [3.05, 3.63) is 71.4 Å². The van der Waals surface area contributed by atoms with Crippen LogP contribution in [0, 0.1) is 5.92 Å². The van der Waals surface area contributed by atoms with Crippen LogP contribution in [0.25, 0.3) is 11.1 Å². The van der Waals surface area contributed by atoms with Gasteiger partial charge in [-0.15, -0.1) is 5.10 Å². The molecule has 4 heterocycles. The van der Waals surface area contributed by atoms with Crippen molar-refractivity contribution in [2.24, 2.45) is 5.92 Å². The highest BCUT2D eigenvalue weighted by atomic mass is 35.5. The minimum atomic E-state index is 0.425. The zero-order valence-electron chi connectivity index (χ0n) is 15.8. The first kappa shape index (κ1) is 17.8. The van der Waals surface area contributed by atoms with Gasteiger partial charge in [0, 0.05) is 17.8 Å². The van der Waals surface area contributed by atoms with Gasteiger partial charge in [-0.25, -0.2) is 0 Å². The van der Waals surface area contributed by atoms with Crippen molar-refractivity contribution in [3.63, 3.8) is 0 Å². The van der Waals surface area contributed by atoms with Crippen molar-refractivity contribution < 1.29 is 4.74 Å². The lowest BCUT2D eigenvalue weighted by Gasteiger charge is -2.44. The molecule has 0 spiro atoms. The van der Waals surface area contributed by atoms with Crippen molar-refractivity contribution in [1.82, 2.24) is 14.7 Å². The van der Waals surface area contributed by atoms with Crippen LogP contribution in [-0.2, 0) is 6.61 Å². The minimum absolute atomic E-state index is 0.425. The Hall–Kier alpha value is -2.30. The molecule has 0 radical (unpaired) electrons. The predicted molar refractivity (Wildman–Crippen MR) is 112 cm³/mol. The van der Waals surface area contributed by atoms with Gasteiger partial charge in [-0.05, 0) is 55.1 Å². The molecule has 0 saturated carbocycles. The third-order valence-corrected chi connectivity index (χ3v) is 6.25. The lowest BCUT2D eigenvalue weighted by Crippen LogP contribution is -2.48. The molecule has 4 nitrogen and oxygen atoms in total. The fourth-order valence-electron chi connectivity index (χ4n) is 4.47. The fourth-order valence-corrected chi connectivity index (χ4v) is 4.66. The van der Waals surface area contributed by atoms with Crippen molar-refractivity contribution in [2.75, 3.05) is 19.6 Å². The number of aromatic nitrogens is 2. The molecule has 5 heteroatoms. The molecule has 3 saturated heterocycles. The number of fused-ring (bicyclic) bond motifs is 3. The van der Waals surface area contributed by atoms with Crippen molar-refractivity contribution in [3.8, 4) is 17.0 Å². The summed E-state index contributed by atoms with van der Waals surface area (Å²) in [5.41, 5.74) is 3.19. The normalized spacial score (nSPS) is 23.7. The zero-order valence-corrected chi connectivity index (χ0v) is 16.6. The molecule has 0 N–H and O–H groups in total. The quantitative estimate of drug-likeness (QED) is 0.607. The van der Waals surface area contributed by atoms with E-state index in [1.54, 1.807) is 0 Å². The van der Waals surface area contributed by atoms with E-state index in [4.69, 9.17) is 21.4 Å². The van der Waals surface area contributed by atoms with Gasteiger partial charge in [0.25, 0.3) is 0 Å². The maximum atomic E-state index is 6.25. The van der Waals surface area contributed by atoms with Crippen molar-refractivity contribution in [1.29, 1.82) is 0 Å².